The van der Waals surface area contributed by atoms with Crippen LogP contribution in [0.4, 0.5) is 0 Å². The molecule has 3 aromatic rings. The number of halogens is 2. The molecule has 0 bridgehead atoms. The van der Waals surface area contributed by atoms with Crippen molar-refractivity contribution in [3.8, 4) is 11.3 Å². The minimum Gasteiger partial charge on any atom is -0.360 e. The molecule has 2 aromatic heterocycles. The summed E-state index contributed by atoms with van der Waals surface area (Å²) in [5.74, 6) is 0.0520. The van der Waals surface area contributed by atoms with Crippen LogP contribution in [0, 0.1) is 0 Å². The largest absolute Gasteiger partial charge is 0.360 e. The van der Waals surface area contributed by atoms with Gasteiger partial charge < -0.3 is 4.98 Å². The standard InChI is InChI=1S/C14H9BrClN3O2S/c15-9-3-1-2-7-8(6-17-11(7)9)12-13-10(18-14(16)19-12)4-5-22(13,20)21/h1-3,6,17H,4-5H2. The van der Waals surface area contributed by atoms with Crippen molar-refractivity contribution in [2.45, 2.75) is 11.3 Å². The number of nitrogens with zero attached hydrogens (tertiary/aromatic N) is 2. The van der Waals surface area contributed by atoms with Gasteiger partial charge in [-0.15, -0.1) is 0 Å². The maximum atomic E-state index is 12.3. The summed E-state index contributed by atoms with van der Waals surface area (Å²) in [6.45, 7) is 0. The summed E-state index contributed by atoms with van der Waals surface area (Å²) in [4.78, 5) is 11.6. The van der Waals surface area contributed by atoms with Crippen molar-refractivity contribution in [3.05, 3.63) is 39.8 Å². The second-order valence-electron chi connectivity index (χ2n) is 5.05. The van der Waals surface area contributed by atoms with Crippen LogP contribution in [0.5, 0.6) is 0 Å². The van der Waals surface area contributed by atoms with Gasteiger partial charge in [-0.25, -0.2) is 18.4 Å². The molecule has 0 radical (unpaired) electrons. The van der Waals surface area contributed by atoms with Gasteiger partial charge in [0.15, 0.2) is 9.84 Å². The van der Waals surface area contributed by atoms with E-state index in [1.165, 1.54) is 0 Å². The Hall–Kier alpha value is -1.44. The third kappa shape index (κ3) is 2.00. The molecule has 0 saturated heterocycles. The Bertz CT molecular complexity index is 1030. The highest BCUT2D eigenvalue weighted by atomic mass is 79.9. The van der Waals surface area contributed by atoms with E-state index < -0.39 is 9.84 Å². The predicted octanol–water partition coefficient (Wildman–Crippen LogP) is 3.37. The minimum absolute atomic E-state index is 0.0520. The molecule has 0 saturated carbocycles. The van der Waals surface area contributed by atoms with E-state index in [9.17, 15) is 8.42 Å². The van der Waals surface area contributed by atoms with E-state index in [0.29, 0.717) is 23.4 Å². The van der Waals surface area contributed by atoms with Crippen LogP contribution >= 0.6 is 27.5 Å². The number of aromatic nitrogens is 3. The molecule has 1 aliphatic heterocycles. The van der Waals surface area contributed by atoms with Crippen molar-refractivity contribution < 1.29 is 8.42 Å². The Morgan fingerprint density at radius 3 is 2.91 bits per heavy atom. The van der Waals surface area contributed by atoms with Crippen LogP contribution in [0.25, 0.3) is 22.2 Å². The molecule has 0 spiro atoms. The number of benzene rings is 1. The van der Waals surface area contributed by atoms with E-state index in [1.807, 2.05) is 18.2 Å². The molecule has 0 amide bonds. The van der Waals surface area contributed by atoms with Crippen LogP contribution in [-0.2, 0) is 16.3 Å². The summed E-state index contributed by atoms with van der Waals surface area (Å²) in [6, 6.07) is 5.72. The molecule has 8 heteroatoms. The number of nitrogens with one attached hydrogen (secondary N) is 1. The van der Waals surface area contributed by atoms with Crippen molar-refractivity contribution in [1.29, 1.82) is 0 Å². The monoisotopic (exact) mass is 397 g/mol. The summed E-state index contributed by atoms with van der Waals surface area (Å²) in [5, 5.41) is 0.948. The van der Waals surface area contributed by atoms with E-state index in [2.05, 4.69) is 30.9 Å². The Morgan fingerprint density at radius 1 is 1.27 bits per heavy atom. The Kier molecular flexibility index (Phi) is 3.08. The van der Waals surface area contributed by atoms with Gasteiger partial charge in [0, 0.05) is 28.0 Å². The highest BCUT2D eigenvalue weighted by molar-refractivity contribution is 9.10. The van der Waals surface area contributed by atoms with Crippen molar-refractivity contribution in [2.24, 2.45) is 0 Å². The molecule has 112 valence electrons. The van der Waals surface area contributed by atoms with Gasteiger partial charge >= 0.3 is 0 Å². The lowest BCUT2D eigenvalue weighted by Crippen LogP contribution is -2.03. The van der Waals surface area contributed by atoms with Gasteiger partial charge in [0.2, 0.25) is 5.28 Å². The van der Waals surface area contributed by atoms with Gasteiger partial charge in [-0.05, 0) is 33.6 Å². The highest BCUT2D eigenvalue weighted by Crippen LogP contribution is 2.38. The molecular formula is C14H9BrClN3O2S. The zero-order valence-corrected chi connectivity index (χ0v) is 14.3. The zero-order valence-electron chi connectivity index (χ0n) is 11.1. The number of aromatic amines is 1. The average Bonchev–Trinajstić information content (AvgIpc) is 3.01. The van der Waals surface area contributed by atoms with Gasteiger partial charge in [-0.1, -0.05) is 12.1 Å². The molecule has 1 aliphatic rings. The number of para-hydroxylation sites is 1. The number of hydrogen-bond acceptors (Lipinski definition) is 4. The fourth-order valence-corrected chi connectivity index (χ4v) is 5.08. The minimum atomic E-state index is -3.37. The number of aryl methyl sites for hydroxylation is 1. The van der Waals surface area contributed by atoms with Gasteiger partial charge in [-0.2, -0.15) is 0 Å². The topological polar surface area (TPSA) is 75.7 Å². The summed E-state index contributed by atoms with van der Waals surface area (Å²) in [5.41, 5.74) is 2.47. The Balaban J connectivity index is 2.11. The lowest BCUT2D eigenvalue weighted by Gasteiger charge is -2.06. The first kappa shape index (κ1) is 14.2. The number of fused-ring (bicyclic) bond motifs is 2. The summed E-state index contributed by atoms with van der Waals surface area (Å²) >= 11 is 9.46. The third-order valence-electron chi connectivity index (χ3n) is 3.75. The van der Waals surface area contributed by atoms with E-state index in [1.54, 1.807) is 6.20 Å². The van der Waals surface area contributed by atoms with Crippen molar-refractivity contribution in [3.63, 3.8) is 0 Å². The van der Waals surface area contributed by atoms with E-state index in [-0.39, 0.29) is 15.9 Å². The van der Waals surface area contributed by atoms with Crippen molar-refractivity contribution in [2.75, 3.05) is 5.75 Å². The van der Waals surface area contributed by atoms with Crippen LogP contribution in [0.2, 0.25) is 5.28 Å². The Labute approximate surface area is 139 Å². The van der Waals surface area contributed by atoms with Crippen LogP contribution in [0.3, 0.4) is 0 Å². The van der Waals surface area contributed by atoms with E-state index >= 15 is 0 Å². The number of H-pyrrole nitrogens is 1. The molecule has 0 unspecified atom stereocenters. The molecule has 0 atom stereocenters. The molecular weight excluding hydrogens is 390 g/mol. The second-order valence-corrected chi connectivity index (χ2v) is 8.29. The molecule has 1 N–H and O–H groups in total. The van der Waals surface area contributed by atoms with Gasteiger partial charge in [0.1, 0.15) is 4.90 Å². The molecule has 4 rings (SSSR count). The second kappa shape index (κ2) is 4.78. The highest BCUT2D eigenvalue weighted by Gasteiger charge is 2.33. The van der Waals surface area contributed by atoms with Crippen LogP contribution < -0.4 is 0 Å². The molecule has 1 aromatic carbocycles. The maximum absolute atomic E-state index is 12.3. The molecule has 22 heavy (non-hydrogen) atoms. The van der Waals surface area contributed by atoms with Gasteiger partial charge in [0.05, 0.1) is 22.7 Å². The van der Waals surface area contributed by atoms with E-state index in [0.717, 1.165) is 15.4 Å². The van der Waals surface area contributed by atoms with Crippen molar-refractivity contribution >= 4 is 48.3 Å². The molecule has 5 nitrogen and oxygen atoms in total. The first-order chi connectivity index (χ1) is 10.5. The zero-order chi connectivity index (χ0) is 15.5. The molecule has 0 fully saturated rings. The third-order valence-corrected chi connectivity index (χ3v) is 6.37. The molecule has 0 aliphatic carbocycles. The van der Waals surface area contributed by atoms with Crippen LogP contribution in [0.15, 0.2) is 33.8 Å². The molecule has 3 heterocycles. The predicted molar refractivity (Wildman–Crippen MR) is 87.8 cm³/mol. The normalized spacial score (nSPS) is 16.1. The lowest BCUT2D eigenvalue weighted by atomic mass is 10.1. The fourth-order valence-electron chi connectivity index (χ4n) is 2.79. The lowest BCUT2D eigenvalue weighted by molar-refractivity contribution is 0.600. The SMILES string of the molecule is O=S1(=O)CCc2nc(Cl)nc(-c3c[nH]c4c(Br)cccc34)c21. The average molecular weight is 399 g/mol. The van der Waals surface area contributed by atoms with Gasteiger partial charge in [0.25, 0.3) is 0 Å². The number of hydrogen-bond donors (Lipinski definition) is 1. The first-order valence-corrected chi connectivity index (χ1v) is 9.35. The first-order valence-electron chi connectivity index (χ1n) is 6.52. The number of sulfone groups is 1. The van der Waals surface area contributed by atoms with Crippen molar-refractivity contribution in [1.82, 2.24) is 15.0 Å². The van der Waals surface area contributed by atoms with E-state index in [4.69, 9.17) is 11.6 Å². The quantitative estimate of drug-likeness (QED) is 0.638. The van der Waals surface area contributed by atoms with Crippen LogP contribution in [-0.4, -0.2) is 29.1 Å². The summed E-state index contributed by atoms with van der Waals surface area (Å²) < 4.78 is 25.6. The van der Waals surface area contributed by atoms with Gasteiger partial charge in [-0.3, -0.25) is 0 Å². The smallest absolute Gasteiger partial charge is 0.223 e. The fraction of sp³-hybridized carbons (Fsp3) is 0.143. The van der Waals surface area contributed by atoms with Crippen LogP contribution in [0.1, 0.15) is 5.69 Å². The maximum Gasteiger partial charge on any atom is 0.223 e. The Morgan fingerprint density at radius 2 is 2.09 bits per heavy atom. The summed E-state index contributed by atoms with van der Waals surface area (Å²) in [6.07, 6.45) is 2.13. The number of rotatable bonds is 1. The summed E-state index contributed by atoms with van der Waals surface area (Å²) in [7, 11) is -3.37.